The number of piperidine rings is 1. The van der Waals surface area contributed by atoms with Crippen molar-refractivity contribution in [2.24, 2.45) is 12.0 Å². The molecule has 1 aromatic rings. The van der Waals surface area contributed by atoms with Crippen molar-refractivity contribution in [1.29, 1.82) is 0 Å². The number of nitrogens with zero attached hydrogens (tertiary/aromatic N) is 6. The van der Waals surface area contributed by atoms with E-state index in [9.17, 15) is 4.79 Å². The summed E-state index contributed by atoms with van der Waals surface area (Å²) in [5.74, 6) is 2.46. The lowest BCUT2D eigenvalue weighted by atomic mass is 10.1. The molecule has 1 amide bonds. The smallest absolute Gasteiger partial charge is 0.409 e. The Kier molecular flexibility index (Phi) is 11.4. The summed E-state index contributed by atoms with van der Waals surface area (Å²) in [6, 6.07) is 0.251. The minimum absolute atomic E-state index is 0. The number of morpholine rings is 1. The van der Waals surface area contributed by atoms with Crippen LogP contribution in [0.25, 0.3) is 0 Å². The van der Waals surface area contributed by atoms with Gasteiger partial charge in [-0.15, -0.1) is 34.2 Å². The van der Waals surface area contributed by atoms with E-state index < -0.39 is 0 Å². The maximum atomic E-state index is 11.9. The molecule has 3 rings (SSSR count). The minimum atomic E-state index is -0.226. The number of carbonyl (C=O) groups excluding carboxylic acids is 1. The molecule has 11 nitrogen and oxygen atoms in total. The third kappa shape index (κ3) is 8.03. The molecule has 0 unspecified atom stereocenters. The number of likely N-dealkylation sites (tertiary alicyclic amines) is 1. The lowest BCUT2D eigenvalue weighted by Crippen LogP contribution is -2.51. The van der Waals surface area contributed by atoms with Gasteiger partial charge in [-0.2, -0.15) is 0 Å². The summed E-state index contributed by atoms with van der Waals surface area (Å²) in [5, 5.41) is 15.3. The van der Waals surface area contributed by atoms with Crippen LogP contribution in [0, 0.1) is 6.92 Å². The van der Waals surface area contributed by atoms with Gasteiger partial charge in [-0.25, -0.2) is 9.79 Å². The number of aryl methyl sites for hydroxylation is 1. The number of aliphatic imine (C=N–C) groups is 1. The highest BCUT2D eigenvalue weighted by Crippen LogP contribution is 2.11. The number of carbonyl (C=O) groups is 1. The van der Waals surface area contributed by atoms with Gasteiger partial charge in [0.2, 0.25) is 0 Å². The molecule has 2 N–H and O–H groups in total. The fourth-order valence-electron chi connectivity index (χ4n) is 3.66. The van der Waals surface area contributed by atoms with E-state index in [1.54, 1.807) is 4.90 Å². The van der Waals surface area contributed by atoms with Crippen molar-refractivity contribution in [3.05, 3.63) is 11.6 Å². The highest BCUT2D eigenvalue weighted by molar-refractivity contribution is 14.0. The van der Waals surface area contributed by atoms with Gasteiger partial charge in [0.15, 0.2) is 11.8 Å². The Morgan fingerprint density at radius 1 is 1.22 bits per heavy atom. The van der Waals surface area contributed by atoms with E-state index in [0.717, 1.165) is 69.8 Å². The van der Waals surface area contributed by atoms with E-state index in [-0.39, 0.29) is 36.1 Å². The van der Waals surface area contributed by atoms with Gasteiger partial charge >= 0.3 is 6.09 Å². The van der Waals surface area contributed by atoms with Crippen LogP contribution in [0.5, 0.6) is 0 Å². The normalized spacial score (nSPS) is 18.2. The highest BCUT2D eigenvalue weighted by atomic mass is 127. The molecule has 3 heterocycles. The standard InChI is InChI=1S/C20H36N8O3.HI/c1-4-31-20(29)28-8-5-17(6-9-28)23-19(21-7-10-27-11-13-30-14-12-27)22-15-18-25-24-16(2)26(18)3;/h17H,4-15H2,1-3H3,(H2,21,22,23);1H. The zero-order valence-electron chi connectivity index (χ0n) is 19.4. The number of nitrogens with one attached hydrogen (secondary N) is 2. The Labute approximate surface area is 207 Å². The van der Waals surface area contributed by atoms with Crippen molar-refractivity contribution >= 4 is 36.0 Å². The molecule has 0 saturated carbocycles. The number of hydrogen-bond donors (Lipinski definition) is 2. The van der Waals surface area contributed by atoms with Gasteiger partial charge < -0.3 is 29.6 Å². The first-order chi connectivity index (χ1) is 15.1. The summed E-state index contributed by atoms with van der Waals surface area (Å²) >= 11 is 0. The first-order valence-electron chi connectivity index (χ1n) is 11.2. The molecular formula is C20H37IN8O3. The number of aromatic nitrogens is 3. The molecule has 0 aliphatic carbocycles. The van der Waals surface area contributed by atoms with E-state index in [1.807, 2.05) is 25.5 Å². The van der Waals surface area contributed by atoms with Gasteiger partial charge in [-0.1, -0.05) is 0 Å². The lowest BCUT2D eigenvalue weighted by Gasteiger charge is -2.32. The molecule has 182 valence electrons. The summed E-state index contributed by atoms with van der Waals surface area (Å²) in [6.45, 7) is 11.2. The maximum Gasteiger partial charge on any atom is 0.409 e. The van der Waals surface area contributed by atoms with Crippen LogP contribution in [0.3, 0.4) is 0 Å². The molecule has 0 aromatic carbocycles. The van der Waals surface area contributed by atoms with Crippen molar-refractivity contribution in [2.75, 3.05) is 59.1 Å². The SMILES string of the molecule is CCOC(=O)N1CCC(NC(=NCc2nnc(C)n2C)NCCN2CCOCC2)CC1.I. The molecule has 0 spiro atoms. The molecule has 2 aliphatic rings. The number of halogens is 1. The van der Waals surface area contributed by atoms with E-state index in [1.165, 1.54) is 0 Å². The van der Waals surface area contributed by atoms with Crippen molar-refractivity contribution in [2.45, 2.75) is 39.3 Å². The highest BCUT2D eigenvalue weighted by Gasteiger charge is 2.24. The van der Waals surface area contributed by atoms with Crippen molar-refractivity contribution in [1.82, 2.24) is 35.2 Å². The minimum Gasteiger partial charge on any atom is -0.450 e. The molecule has 0 bridgehead atoms. The Balaban J connectivity index is 0.00000363. The molecule has 0 radical (unpaired) electrons. The zero-order chi connectivity index (χ0) is 22.1. The summed E-state index contributed by atoms with van der Waals surface area (Å²) in [5.41, 5.74) is 0. The second-order valence-electron chi connectivity index (χ2n) is 7.87. The van der Waals surface area contributed by atoms with Crippen LogP contribution in [0.2, 0.25) is 0 Å². The van der Waals surface area contributed by atoms with Crippen LogP contribution in [0.4, 0.5) is 4.79 Å². The zero-order valence-corrected chi connectivity index (χ0v) is 21.7. The second-order valence-corrected chi connectivity index (χ2v) is 7.87. The average molecular weight is 564 g/mol. The predicted molar refractivity (Wildman–Crippen MR) is 132 cm³/mol. The predicted octanol–water partition coefficient (Wildman–Crippen LogP) is 0.730. The Morgan fingerprint density at radius 2 is 1.94 bits per heavy atom. The summed E-state index contributed by atoms with van der Waals surface area (Å²) in [4.78, 5) is 20.8. The molecule has 2 saturated heterocycles. The van der Waals surface area contributed by atoms with Crippen molar-refractivity contribution < 1.29 is 14.3 Å². The van der Waals surface area contributed by atoms with Gasteiger partial charge in [0.05, 0.1) is 19.8 Å². The Hall–Kier alpha value is -1.67. The van der Waals surface area contributed by atoms with Crippen LogP contribution in [-0.2, 0) is 23.1 Å². The fraction of sp³-hybridized carbons (Fsp3) is 0.800. The van der Waals surface area contributed by atoms with Gasteiger partial charge in [0.1, 0.15) is 12.4 Å². The number of rotatable bonds is 7. The van der Waals surface area contributed by atoms with Crippen LogP contribution in [0.15, 0.2) is 4.99 Å². The molecular weight excluding hydrogens is 527 g/mol. The molecule has 12 heteroatoms. The quantitative estimate of drug-likeness (QED) is 0.284. The topological polar surface area (TPSA) is 109 Å². The second kappa shape index (κ2) is 13.8. The summed E-state index contributed by atoms with van der Waals surface area (Å²) in [6.07, 6.45) is 1.48. The number of amides is 1. The number of guanidine groups is 1. The monoisotopic (exact) mass is 564 g/mol. The van der Waals surface area contributed by atoms with Gasteiger partial charge in [-0.3, -0.25) is 4.90 Å². The van der Waals surface area contributed by atoms with Gasteiger partial charge in [0.25, 0.3) is 0 Å². The Bertz CT molecular complexity index is 730. The van der Waals surface area contributed by atoms with Crippen molar-refractivity contribution in [3.8, 4) is 0 Å². The number of ether oxygens (including phenoxy) is 2. The Morgan fingerprint density at radius 3 is 2.56 bits per heavy atom. The first-order valence-corrected chi connectivity index (χ1v) is 11.2. The van der Waals surface area contributed by atoms with E-state index in [0.29, 0.717) is 26.2 Å². The van der Waals surface area contributed by atoms with Crippen LogP contribution in [-0.4, -0.2) is 102 Å². The van der Waals surface area contributed by atoms with E-state index in [4.69, 9.17) is 14.5 Å². The van der Waals surface area contributed by atoms with Crippen LogP contribution in [0.1, 0.15) is 31.4 Å². The largest absolute Gasteiger partial charge is 0.450 e. The maximum absolute atomic E-state index is 11.9. The summed E-state index contributed by atoms with van der Waals surface area (Å²) in [7, 11) is 1.95. The third-order valence-electron chi connectivity index (χ3n) is 5.75. The number of hydrogen-bond acceptors (Lipinski definition) is 7. The first kappa shape index (κ1) is 26.6. The average Bonchev–Trinajstić information content (AvgIpc) is 3.11. The summed E-state index contributed by atoms with van der Waals surface area (Å²) < 4.78 is 12.5. The van der Waals surface area contributed by atoms with Crippen LogP contribution < -0.4 is 10.6 Å². The molecule has 2 aliphatic heterocycles. The van der Waals surface area contributed by atoms with Gasteiger partial charge in [0, 0.05) is 52.4 Å². The molecule has 2 fully saturated rings. The van der Waals surface area contributed by atoms with E-state index in [2.05, 4.69) is 25.7 Å². The van der Waals surface area contributed by atoms with E-state index >= 15 is 0 Å². The van der Waals surface area contributed by atoms with Crippen molar-refractivity contribution in [3.63, 3.8) is 0 Å². The lowest BCUT2D eigenvalue weighted by molar-refractivity contribution is 0.0389. The molecule has 0 atom stereocenters. The molecule has 1 aromatic heterocycles. The fourth-order valence-corrected chi connectivity index (χ4v) is 3.66. The van der Waals surface area contributed by atoms with Gasteiger partial charge in [-0.05, 0) is 26.7 Å². The molecule has 32 heavy (non-hydrogen) atoms. The third-order valence-corrected chi connectivity index (χ3v) is 5.75. The van der Waals surface area contributed by atoms with Crippen LogP contribution >= 0.6 is 24.0 Å².